The number of rotatable bonds is 4. The first kappa shape index (κ1) is 15.0. The number of benzene rings is 1. The normalized spacial score (nSPS) is 18.0. The van der Waals surface area contributed by atoms with Crippen LogP contribution in [0.25, 0.3) is 0 Å². The third-order valence-electron chi connectivity index (χ3n) is 3.70. The van der Waals surface area contributed by atoms with Crippen molar-refractivity contribution in [2.24, 2.45) is 5.92 Å². The number of nitrogens with zero attached hydrogens (tertiary/aromatic N) is 1. The Kier molecular flexibility index (Phi) is 4.52. The van der Waals surface area contributed by atoms with E-state index >= 15 is 0 Å². The summed E-state index contributed by atoms with van der Waals surface area (Å²) >= 11 is 0. The first-order valence-electron chi connectivity index (χ1n) is 6.76. The van der Waals surface area contributed by atoms with Crippen LogP contribution in [0.1, 0.15) is 24.0 Å². The van der Waals surface area contributed by atoms with Gasteiger partial charge >= 0.3 is 0 Å². The Balaban J connectivity index is 1.97. The summed E-state index contributed by atoms with van der Waals surface area (Å²) in [7, 11) is 0. The maximum absolute atomic E-state index is 12.0. The summed E-state index contributed by atoms with van der Waals surface area (Å²) in [6.07, 6.45) is 0.888. The second-order valence-corrected chi connectivity index (χ2v) is 5.08. The number of piperidine rings is 1. The lowest BCUT2D eigenvalue weighted by Crippen LogP contribution is -2.42. The number of hydrogen-bond donors (Lipinski definition) is 2. The molecule has 0 aromatic heterocycles. The highest BCUT2D eigenvalue weighted by atomic mass is 16.6. The summed E-state index contributed by atoms with van der Waals surface area (Å²) in [6, 6.07) is 4.80. The third kappa shape index (κ3) is 3.56. The highest BCUT2D eigenvalue weighted by Gasteiger charge is 2.24. The third-order valence-corrected chi connectivity index (χ3v) is 3.70. The molecule has 7 heteroatoms. The van der Waals surface area contributed by atoms with Crippen LogP contribution in [0.2, 0.25) is 0 Å². The average molecular weight is 291 g/mol. The van der Waals surface area contributed by atoms with Crippen molar-refractivity contribution in [1.82, 2.24) is 10.6 Å². The van der Waals surface area contributed by atoms with Crippen molar-refractivity contribution in [3.63, 3.8) is 0 Å². The molecule has 1 aliphatic rings. The molecule has 1 aromatic rings. The molecular formula is C14H17N3O4. The van der Waals surface area contributed by atoms with Gasteiger partial charge in [-0.1, -0.05) is 12.1 Å². The average Bonchev–Trinajstić information content (AvgIpc) is 2.46. The molecule has 112 valence electrons. The monoisotopic (exact) mass is 291 g/mol. The van der Waals surface area contributed by atoms with Crippen LogP contribution < -0.4 is 10.6 Å². The first-order valence-corrected chi connectivity index (χ1v) is 6.76. The lowest BCUT2D eigenvalue weighted by molar-refractivity contribution is -0.385. The summed E-state index contributed by atoms with van der Waals surface area (Å²) in [4.78, 5) is 33.5. The molecule has 1 saturated heterocycles. The van der Waals surface area contributed by atoms with E-state index in [0.29, 0.717) is 24.9 Å². The summed E-state index contributed by atoms with van der Waals surface area (Å²) in [6.45, 7) is 2.26. The Morgan fingerprint density at radius 1 is 1.52 bits per heavy atom. The van der Waals surface area contributed by atoms with E-state index in [2.05, 4.69) is 10.6 Å². The fourth-order valence-electron chi connectivity index (χ4n) is 2.34. The van der Waals surface area contributed by atoms with Crippen LogP contribution in [0.3, 0.4) is 0 Å². The number of nitro benzene ring substituents is 1. The zero-order valence-electron chi connectivity index (χ0n) is 11.7. The predicted octanol–water partition coefficient (Wildman–Crippen LogP) is 1.05. The molecule has 0 radical (unpaired) electrons. The quantitative estimate of drug-likeness (QED) is 0.639. The smallest absolute Gasteiger partial charge is 0.272 e. The van der Waals surface area contributed by atoms with E-state index in [4.69, 9.17) is 0 Å². The number of nitro groups is 1. The maximum atomic E-state index is 12.0. The number of hydrogen-bond acceptors (Lipinski definition) is 4. The van der Waals surface area contributed by atoms with Crippen molar-refractivity contribution < 1.29 is 14.5 Å². The topological polar surface area (TPSA) is 101 Å². The second-order valence-electron chi connectivity index (χ2n) is 5.08. The van der Waals surface area contributed by atoms with Gasteiger partial charge in [0.15, 0.2) is 0 Å². The van der Waals surface area contributed by atoms with Crippen LogP contribution in [-0.2, 0) is 16.1 Å². The Morgan fingerprint density at radius 2 is 2.29 bits per heavy atom. The van der Waals surface area contributed by atoms with Crippen molar-refractivity contribution in [2.45, 2.75) is 26.3 Å². The minimum Gasteiger partial charge on any atom is -0.355 e. The zero-order chi connectivity index (χ0) is 15.4. The highest BCUT2D eigenvalue weighted by molar-refractivity contribution is 5.83. The van der Waals surface area contributed by atoms with Gasteiger partial charge in [-0.25, -0.2) is 0 Å². The van der Waals surface area contributed by atoms with Crippen LogP contribution in [-0.4, -0.2) is 23.3 Å². The van der Waals surface area contributed by atoms with Crippen LogP contribution in [0.15, 0.2) is 18.2 Å². The summed E-state index contributed by atoms with van der Waals surface area (Å²) < 4.78 is 0. The summed E-state index contributed by atoms with van der Waals surface area (Å²) in [5.74, 6) is -0.406. The van der Waals surface area contributed by atoms with Crippen LogP contribution in [0.4, 0.5) is 5.69 Å². The Morgan fingerprint density at radius 3 is 2.90 bits per heavy atom. The minimum absolute atomic E-state index is 0.0337. The van der Waals surface area contributed by atoms with Crippen molar-refractivity contribution in [3.8, 4) is 0 Å². The molecule has 2 N–H and O–H groups in total. The largest absolute Gasteiger partial charge is 0.355 e. The van der Waals surface area contributed by atoms with E-state index in [-0.39, 0.29) is 30.0 Å². The van der Waals surface area contributed by atoms with Gasteiger partial charge in [0.05, 0.1) is 10.8 Å². The zero-order valence-corrected chi connectivity index (χ0v) is 11.7. The highest BCUT2D eigenvalue weighted by Crippen LogP contribution is 2.21. The molecule has 0 bridgehead atoms. The Hall–Kier alpha value is -2.44. The van der Waals surface area contributed by atoms with Crippen LogP contribution in [0, 0.1) is 23.0 Å². The molecule has 1 aliphatic heterocycles. The van der Waals surface area contributed by atoms with Crippen molar-refractivity contribution in [2.75, 3.05) is 6.54 Å². The number of carbonyl (C=O) groups is 2. The van der Waals surface area contributed by atoms with Crippen LogP contribution >= 0.6 is 0 Å². The minimum atomic E-state index is -0.433. The van der Waals surface area contributed by atoms with Gasteiger partial charge in [-0.15, -0.1) is 0 Å². The van der Waals surface area contributed by atoms with E-state index in [1.807, 2.05) is 0 Å². The SMILES string of the molecule is Cc1c(CNC(=O)C2CCC(=O)NC2)cccc1[N+](=O)[O-]. The van der Waals surface area contributed by atoms with E-state index in [9.17, 15) is 19.7 Å². The molecule has 2 amide bonds. The van der Waals surface area contributed by atoms with E-state index in [1.54, 1.807) is 19.1 Å². The molecule has 21 heavy (non-hydrogen) atoms. The molecule has 7 nitrogen and oxygen atoms in total. The summed E-state index contributed by atoms with van der Waals surface area (Å²) in [5.41, 5.74) is 1.32. The van der Waals surface area contributed by atoms with Crippen LogP contribution in [0.5, 0.6) is 0 Å². The fraction of sp³-hybridized carbons (Fsp3) is 0.429. The number of carbonyl (C=O) groups excluding carboxylic acids is 2. The fourth-order valence-corrected chi connectivity index (χ4v) is 2.34. The first-order chi connectivity index (χ1) is 9.99. The summed E-state index contributed by atoms with van der Waals surface area (Å²) in [5, 5.41) is 16.3. The molecular weight excluding hydrogens is 274 g/mol. The number of amides is 2. The molecule has 1 aromatic carbocycles. The maximum Gasteiger partial charge on any atom is 0.272 e. The molecule has 2 rings (SSSR count). The number of nitrogens with one attached hydrogen (secondary N) is 2. The molecule has 1 unspecified atom stereocenters. The second kappa shape index (κ2) is 6.34. The van der Waals surface area contributed by atoms with E-state index in [1.165, 1.54) is 6.07 Å². The van der Waals surface area contributed by atoms with Gasteiger partial charge in [0, 0.05) is 31.1 Å². The molecule has 0 spiro atoms. The lowest BCUT2D eigenvalue weighted by atomic mass is 9.98. The van der Waals surface area contributed by atoms with Crippen molar-refractivity contribution in [3.05, 3.63) is 39.4 Å². The van der Waals surface area contributed by atoms with Crippen molar-refractivity contribution >= 4 is 17.5 Å². The Labute approximate surface area is 121 Å². The lowest BCUT2D eigenvalue weighted by Gasteiger charge is -2.21. The van der Waals surface area contributed by atoms with Gasteiger partial charge in [0.1, 0.15) is 0 Å². The molecule has 0 aliphatic carbocycles. The molecule has 1 atom stereocenters. The van der Waals surface area contributed by atoms with Gasteiger partial charge < -0.3 is 10.6 Å². The Bertz CT molecular complexity index is 576. The predicted molar refractivity (Wildman–Crippen MR) is 75.4 cm³/mol. The van der Waals surface area contributed by atoms with Gasteiger partial charge in [-0.2, -0.15) is 0 Å². The van der Waals surface area contributed by atoms with Gasteiger partial charge in [0.25, 0.3) is 5.69 Å². The van der Waals surface area contributed by atoms with Crippen molar-refractivity contribution in [1.29, 1.82) is 0 Å². The van der Waals surface area contributed by atoms with Gasteiger partial charge in [-0.3, -0.25) is 19.7 Å². The van der Waals surface area contributed by atoms with E-state index < -0.39 is 4.92 Å². The standard InChI is InChI=1S/C14H17N3O4/c1-9-10(3-2-4-12(9)17(20)21)7-16-14(19)11-5-6-13(18)15-8-11/h2-4,11H,5-8H2,1H3,(H,15,18)(H,16,19). The van der Waals surface area contributed by atoms with Gasteiger partial charge in [-0.05, 0) is 18.9 Å². The van der Waals surface area contributed by atoms with E-state index in [0.717, 1.165) is 5.56 Å². The van der Waals surface area contributed by atoms with Gasteiger partial charge in [0.2, 0.25) is 11.8 Å². The molecule has 0 saturated carbocycles. The molecule has 1 heterocycles. The molecule has 1 fully saturated rings.